The summed E-state index contributed by atoms with van der Waals surface area (Å²) in [6, 6.07) is 19.6. The third-order valence-electron chi connectivity index (χ3n) is 5.27. The van der Waals surface area contributed by atoms with Crippen LogP contribution in [-0.2, 0) is 0 Å². The van der Waals surface area contributed by atoms with Crippen LogP contribution in [0.3, 0.4) is 0 Å². The second-order valence-electron chi connectivity index (χ2n) is 7.31. The number of carbonyl (C=O) groups excluding carboxylic acids is 1. The molecule has 1 aliphatic heterocycles. The number of aliphatic hydroxyl groups excluding tert-OH is 1. The number of aliphatic hydroxyl groups is 1. The molecule has 0 bridgehead atoms. The topological polar surface area (TPSA) is 82.1 Å². The first kappa shape index (κ1) is 17.6. The highest BCUT2D eigenvalue weighted by atomic mass is 16.3. The Morgan fingerprint density at radius 3 is 2.72 bits per heavy atom. The molecule has 1 atom stereocenters. The number of fused-ring (bicyclic) bond motifs is 1. The van der Waals surface area contributed by atoms with Crippen molar-refractivity contribution in [2.45, 2.75) is 12.5 Å². The van der Waals surface area contributed by atoms with Gasteiger partial charge in [-0.25, -0.2) is 9.97 Å². The number of likely N-dealkylation sites (tertiary alicyclic amines) is 1. The summed E-state index contributed by atoms with van der Waals surface area (Å²) in [6.45, 7) is 0.925. The minimum atomic E-state index is -0.443. The molecule has 0 aliphatic carbocycles. The van der Waals surface area contributed by atoms with Gasteiger partial charge in [0.25, 0.3) is 5.91 Å². The summed E-state index contributed by atoms with van der Waals surface area (Å²) < 4.78 is 0. The largest absolute Gasteiger partial charge is 0.391 e. The van der Waals surface area contributed by atoms with Crippen LogP contribution in [0.2, 0.25) is 0 Å². The maximum Gasteiger partial charge on any atom is 0.272 e. The third-order valence-corrected chi connectivity index (χ3v) is 5.27. The van der Waals surface area contributed by atoms with Crippen LogP contribution in [-0.4, -0.2) is 50.1 Å². The number of carbonyl (C=O) groups is 1. The number of amides is 1. The van der Waals surface area contributed by atoms with Gasteiger partial charge in [-0.05, 0) is 36.2 Å². The molecule has 1 aliphatic rings. The van der Waals surface area contributed by atoms with Gasteiger partial charge in [-0.3, -0.25) is 4.79 Å². The first-order chi connectivity index (χ1) is 14.2. The molecule has 1 amide bonds. The summed E-state index contributed by atoms with van der Waals surface area (Å²) in [4.78, 5) is 26.8. The molecule has 6 nitrogen and oxygen atoms in total. The molecule has 144 valence electrons. The average molecular weight is 384 g/mol. The quantitative estimate of drug-likeness (QED) is 0.566. The number of nitrogens with one attached hydrogen (secondary N) is 1. The summed E-state index contributed by atoms with van der Waals surface area (Å²) in [5.74, 6) is -0.148. The number of hydrogen-bond acceptors (Lipinski definition) is 4. The van der Waals surface area contributed by atoms with Gasteiger partial charge in [0.05, 0.1) is 11.8 Å². The van der Waals surface area contributed by atoms with E-state index in [4.69, 9.17) is 0 Å². The highest BCUT2D eigenvalue weighted by molar-refractivity contribution is 5.93. The molecule has 2 N–H and O–H groups in total. The van der Waals surface area contributed by atoms with Crippen LogP contribution < -0.4 is 0 Å². The Bertz CT molecular complexity index is 1190. The van der Waals surface area contributed by atoms with Crippen LogP contribution in [0.4, 0.5) is 0 Å². The minimum Gasteiger partial charge on any atom is -0.391 e. The van der Waals surface area contributed by atoms with Crippen LogP contribution >= 0.6 is 0 Å². The highest BCUT2D eigenvalue weighted by Crippen LogP contribution is 2.26. The van der Waals surface area contributed by atoms with Crippen LogP contribution in [0.15, 0.2) is 66.9 Å². The van der Waals surface area contributed by atoms with Crippen molar-refractivity contribution in [2.24, 2.45) is 0 Å². The Morgan fingerprint density at radius 2 is 1.93 bits per heavy atom. The molecule has 0 unspecified atom stereocenters. The van der Waals surface area contributed by atoms with E-state index in [0.29, 0.717) is 30.9 Å². The predicted molar refractivity (Wildman–Crippen MR) is 111 cm³/mol. The van der Waals surface area contributed by atoms with Crippen molar-refractivity contribution < 1.29 is 9.90 Å². The van der Waals surface area contributed by atoms with Crippen molar-refractivity contribution in [3.63, 3.8) is 0 Å². The Hall–Kier alpha value is -3.51. The molecule has 1 aromatic carbocycles. The van der Waals surface area contributed by atoms with Crippen molar-refractivity contribution in [3.8, 4) is 22.5 Å². The number of β-amino-alcohol motifs (C(OH)–C–C–N with tert-alkyl or cyclic N) is 1. The van der Waals surface area contributed by atoms with E-state index in [1.165, 1.54) is 0 Å². The average Bonchev–Trinajstić information content (AvgIpc) is 3.39. The number of pyridine rings is 2. The van der Waals surface area contributed by atoms with Gasteiger partial charge in [-0.15, -0.1) is 0 Å². The fourth-order valence-electron chi connectivity index (χ4n) is 3.73. The molecule has 5 rings (SSSR count). The van der Waals surface area contributed by atoms with E-state index in [0.717, 1.165) is 27.9 Å². The normalized spacial score (nSPS) is 16.4. The van der Waals surface area contributed by atoms with Crippen molar-refractivity contribution in [3.05, 3.63) is 72.6 Å². The Labute approximate surface area is 167 Å². The lowest BCUT2D eigenvalue weighted by Crippen LogP contribution is -2.30. The van der Waals surface area contributed by atoms with E-state index < -0.39 is 6.10 Å². The second-order valence-corrected chi connectivity index (χ2v) is 7.31. The first-order valence-corrected chi connectivity index (χ1v) is 9.66. The SMILES string of the molecule is O=C(c1cccc(-c2cnc3[nH]c(-c4ccccc4)cc3c2)n1)N1CC[C@H](O)C1. The predicted octanol–water partition coefficient (Wildman–Crippen LogP) is 3.50. The van der Waals surface area contributed by atoms with E-state index >= 15 is 0 Å². The summed E-state index contributed by atoms with van der Waals surface area (Å²) >= 11 is 0. The zero-order valence-electron chi connectivity index (χ0n) is 15.7. The maximum absolute atomic E-state index is 12.7. The lowest BCUT2D eigenvalue weighted by molar-refractivity contribution is 0.0759. The molecular formula is C23H20N4O2. The van der Waals surface area contributed by atoms with Crippen LogP contribution in [0.25, 0.3) is 33.5 Å². The lowest BCUT2D eigenvalue weighted by atomic mass is 10.1. The molecule has 3 aromatic heterocycles. The summed E-state index contributed by atoms with van der Waals surface area (Å²) in [7, 11) is 0. The Kier molecular flexibility index (Phi) is 4.33. The molecular weight excluding hydrogens is 364 g/mol. The number of benzene rings is 1. The number of H-pyrrole nitrogens is 1. The minimum absolute atomic E-state index is 0.148. The van der Waals surface area contributed by atoms with Gasteiger partial charge in [-0.2, -0.15) is 0 Å². The second kappa shape index (κ2) is 7.14. The smallest absolute Gasteiger partial charge is 0.272 e. The standard InChI is InChI=1S/C23H20N4O2/c28-18-9-10-27(14-18)23(29)20-8-4-7-19(25-20)17-11-16-12-21(26-22(16)24-13-17)15-5-2-1-3-6-15/h1-8,11-13,18,28H,9-10,14H2,(H,24,26)/t18-/m0/s1. The molecule has 0 saturated carbocycles. The number of aromatic nitrogens is 3. The van der Waals surface area contributed by atoms with Gasteiger partial charge in [0.2, 0.25) is 0 Å². The fraction of sp³-hybridized carbons (Fsp3) is 0.174. The van der Waals surface area contributed by atoms with Gasteiger partial charge < -0.3 is 15.0 Å². The molecule has 1 fully saturated rings. The fourth-order valence-corrected chi connectivity index (χ4v) is 3.73. The lowest BCUT2D eigenvalue weighted by Gasteiger charge is -2.15. The monoisotopic (exact) mass is 384 g/mol. The van der Waals surface area contributed by atoms with Crippen molar-refractivity contribution >= 4 is 16.9 Å². The zero-order valence-corrected chi connectivity index (χ0v) is 15.7. The summed E-state index contributed by atoms with van der Waals surface area (Å²) in [5.41, 5.74) is 4.86. The number of nitrogens with zero attached hydrogens (tertiary/aromatic N) is 3. The Balaban J connectivity index is 1.47. The Morgan fingerprint density at radius 1 is 1.07 bits per heavy atom. The van der Waals surface area contributed by atoms with E-state index in [2.05, 4.69) is 33.2 Å². The van der Waals surface area contributed by atoms with Gasteiger partial charge in [0, 0.05) is 35.9 Å². The molecule has 6 heteroatoms. The van der Waals surface area contributed by atoms with Crippen LogP contribution in [0.1, 0.15) is 16.9 Å². The van der Waals surface area contributed by atoms with Crippen molar-refractivity contribution in [2.75, 3.05) is 13.1 Å². The molecule has 0 spiro atoms. The maximum atomic E-state index is 12.7. The number of hydrogen-bond donors (Lipinski definition) is 2. The van der Waals surface area contributed by atoms with Gasteiger partial charge in [0.1, 0.15) is 11.3 Å². The molecule has 29 heavy (non-hydrogen) atoms. The first-order valence-electron chi connectivity index (χ1n) is 9.66. The number of rotatable bonds is 3. The zero-order chi connectivity index (χ0) is 19.8. The van der Waals surface area contributed by atoms with Crippen LogP contribution in [0.5, 0.6) is 0 Å². The van der Waals surface area contributed by atoms with E-state index in [1.54, 1.807) is 17.2 Å². The summed E-state index contributed by atoms with van der Waals surface area (Å²) in [5, 5.41) is 10.7. The molecule has 4 heterocycles. The molecule has 4 aromatic rings. The highest BCUT2D eigenvalue weighted by Gasteiger charge is 2.26. The van der Waals surface area contributed by atoms with Crippen LogP contribution in [0, 0.1) is 0 Å². The molecule has 1 saturated heterocycles. The molecule has 0 radical (unpaired) electrons. The van der Waals surface area contributed by atoms with E-state index in [-0.39, 0.29) is 5.91 Å². The number of aromatic amines is 1. The van der Waals surface area contributed by atoms with Crippen molar-refractivity contribution in [1.82, 2.24) is 19.9 Å². The summed E-state index contributed by atoms with van der Waals surface area (Å²) in [6.07, 6.45) is 1.94. The van der Waals surface area contributed by atoms with Gasteiger partial charge in [-0.1, -0.05) is 36.4 Å². The van der Waals surface area contributed by atoms with E-state index in [9.17, 15) is 9.90 Å². The van der Waals surface area contributed by atoms with Crippen molar-refractivity contribution in [1.29, 1.82) is 0 Å². The van der Waals surface area contributed by atoms with Gasteiger partial charge in [0.15, 0.2) is 0 Å². The van der Waals surface area contributed by atoms with Gasteiger partial charge >= 0.3 is 0 Å². The van der Waals surface area contributed by atoms with E-state index in [1.807, 2.05) is 36.4 Å². The third kappa shape index (κ3) is 3.39.